The third kappa shape index (κ3) is 6.05. The minimum absolute atomic E-state index is 0.0385. The number of sulfonamides is 1. The zero-order valence-electron chi connectivity index (χ0n) is 23.7. The average Bonchev–Trinajstić information content (AvgIpc) is 3.50. The monoisotopic (exact) mass is 596 g/mol. The number of fused-ring (bicyclic) bond motifs is 3. The highest BCUT2D eigenvalue weighted by Gasteiger charge is 2.65. The Morgan fingerprint density at radius 1 is 1.17 bits per heavy atom. The largest absolute Gasteiger partial charge is 0.494 e. The summed E-state index contributed by atoms with van der Waals surface area (Å²) in [6, 6.07) is 12.8. The first-order valence-corrected chi connectivity index (χ1v) is 15.8. The highest BCUT2D eigenvalue weighted by Crippen LogP contribution is 2.64. The van der Waals surface area contributed by atoms with Crippen molar-refractivity contribution in [1.82, 2.24) is 14.7 Å². The van der Waals surface area contributed by atoms with E-state index in [0.717, 1.165) is 17.5 Å². The van der Waals surface area contributed by atoms with Crippen LogP contribution in [0.4, 0.5) is 5.95 Å². The molecule has 2 aliphatic rings. The van der Waals surface area contributed by atoms with Crippen LogP contribution in [-0.2, 0) is 30.8 Å². The normalized spacial score (nSPS) is 21.9. The van der Waals surface area contributed by atoms with E-state index < -0.39 is 38.6 Å². The first kappa shape index (κ1) is 29.7. The summed E-state index contributed by atoms with van der Waals surface area (Å²) in [6.45, 7) is 4.18. The third-order valence-electron chi connectivity index (χ3n) is 9.02. The lowest BCUT2D eigenvalue weighted by Crippen LogP contribution is -2.49. The summed E-state index contributed by atoms with van der Waals surface area (Å²) >= 11 is 0. The SMILES string of the molecule is CC1(C)C2CC[C@]1(CS(=O)(=O)N[C@@H](Cc1ccc(OCCCC(=O)Nc3nc4ccccc4[nH]3)cc1)C(=O)O)C(=O)C2. The fraction of sp³-hybridized carbons (Fsp3) is 0.467. The van der Waals surface area contributed by atoms with Crippen molar-refractivity contribution in [2.24, 2.45) is 16.7 Å². The number of anilines is 1. The molecule has 2 aromatic carbocycles. The number of carboxylic acids is 1. The Labute approximate surface area is 244 Å². The first-order chi connectivity index (χ1) is 19.9. The Kier molecular flexibility index (Phi) is 8.13. The summed E-state index contributed by atoms with van der Waals surface area (Å²) in [5, 5.41) is 12.5. The number of ketones is 1. The Hall–Kier alpha value is -3.77. The van der Waals surface area contributed by atoms with Crippen LogP contribution in [0.1, 0.15) is 51.5 Å². The Morgan fingerprint density at radius 3 is 2.55 bits per heavy atom. The molecule has 1 heterocycles. The predicted molar refractivity (Wildman–Crippen MR) is 157 cm³/mol. The molecular weight excluding hydrogens is 560 g/mol. The van der Waals surface area contributed by atoms with Crippen molar-refractivity contribution in [3.05, 3.63) is 54.1 Å². The van der Waals surface area contributed by atoms with E-state index in [4.69, 9.17) is 4.74 Å². The van der Waals surface area contributed by atoms with E-state index in [-0.39, 0.29) is 30.4 Å². The molecule has 0 spiro atoms. The highest BCUT2D eigenvalue weighted by atomic mass is 32.2. The number of aliphatic carboxylic acids is 1. The molecule has 3 atom stereocenters. The second-order valence-electron chi connectivity index (χ2n) is 11.9. The van der Waals surface area contributed by atoms with Crippen molar-refractivity contribution in [2.45, 2.75) is 58.4 Å². The van der Waals surface area contributed by atoms with Crippen molar-refractivity contribution in [1.29, 1.82) is 0 Å². The Balaban J connectivity index is 1.09. The molecule has 2 bridgehead atoms. The van der Waals surface area contributed by atoms with Gasteiger partial charge in [0.25, 0.3) is 0 Å². The number of carboxylic acid groups (broad SMARTS) is 1. The van der Waals surface area contributed by atoms with Crippen LogP contribution >= 0.6 is 0 Å². The van der Waals surface area contributed by atoms with Gasteiger partial charge in [-0.3, -0.25) is 19.7 Å². The highest BCUT2D eigenvalue weighted by molar-refractivity contribution is 7.89. The number of H-pyrrole nitrogens is 1. The van der Waals surface area contributed by atoms with Crippen molar-refractivity contribution >= 4 is 44.7 Å². The van der Waals surface area contributed by atoms with E-state index in [2.05, 4.69) is 20.0 Å². The van der Waals surface area contributed by atoms with Gasteiger partial charge in [0.05, 0.1) is 23.4 Å². The van der Waals surface area contributed by atoms with Gasteiger partial charge < -0.3 is 14.8 Å². The number of nitrogens with zero attached hydrogens (tertiary/aromatic N) is 1. The number of amides is 1. The number of carbonyl (C=O) groups excluding carboxylic acids is 2. The van der Waals surface area contributed by atoms with Gasteiger partial charge in [0.2, 0.25) is 21.9 Å². The zero-order valence-corrected chi connectivity index (χ0v) is 24.5. The predicted octanol–water partition coefficient (Wildman–Crippen LogP) is 3.67. The number of ether oxygens (including phenoxy) is 1. The number of aromatic nitrogens is 2. The van der Waals surface area contributed by atoms with Crippen LogP contribution in [0.3, 0.4) is 0 Å². The van der Waals surface area contributed by atoms with Crippen LogP contribution in [0, 0.1) is 16.7 Å². The van der Waals surface area contributed by atoms with Gasteiger partial charge in [-0.25, -0.2) is 18.1 Å². The molecule has 3 aromatic rings. The summed E-state index contributed by atoms with van der Waals surface area (Å²) in [5.74, 6) is -0.820. The van der Waals surface area contributed by atoms with Crippen LogP contribution < -0.4 is 14.8 Å². The second-order valence-corrected chi connectivity index (χ2v) is 13.6. The number of rotatable bonds is 13. The molecule has 0 saturated heterocycles. The average molecular weight is 597 g/mol. The van der Waals surface area contributed by atoms with Gasteiger partial charge in [-0.15, -0.1) is 0 Å². The van der Waals surface area contributed by atoms with Crippen molar-refractivity contribution in [2.75, 3.05) is 17.7 Å². The van der Waals surface area contributed by atoms with Gasteiger partial charge in [-0.1, -0.05) is 38.1 Å². The van der Waals surface area contributed by atoms with Crippen LogP contribution in [-0.4, -0.2) is 59.6 Å². The van der Waals surface area contributed by atoms with E-state index in [1.54, 1.807) is 24.3 Å². The standard InChI is InChI=1S/C30H36N4O7S/c1-29(2)20-13-14-30(29,25(35)17-20)18-42(39,40)34-24(27(37)38)16-19-9-11-21(12-10-19)41-15-5-8-26(36)33-28-31-22-6-3-4-7-23(22)32-28/h3-4,6-7,9-12,20,24,34H,5,8,13-18H2,1-2H3,(H,37,38)(H2,31,32,33,36)/t20?,24-,30-/m0/s1. The number of Topliss-reactive ketones (excluding diaryl/α,β-unsaturated/α-hetero) is 1. The fourth-order valence-corrected chi connectivity index (χ4v) is 8.48. The second kappa shape index (κ2) is 11.5. The molecule has 2 fully saturated rings. The van der Waals surface area contributed by atoms with Crippen LogP contribution in [0.2, 0.25) is 0 Å². The molecule has 12 heteroatoms. The molecule has 5 rings (SSSR count). The Bertz CT molecular complexity index is 1570. The molecule has 11 nitrogen and oxygen atoms in total. The maximum Gasteiger partial charge on any atom is 0.322 e. The number of hydrogen-bond acceptors (Lipinski definition) is 7. The number of nitrogens with one attached hydrogen (secondary N) is 3. The minimum Gasteiger partial charge on any atom is -0.494 e. The van der Waals surface area contributed by atoms with E-state index in [1.807, 2.05) is 38.1 Å². The van der Waals surface area contributed by atoms with E-state index in [9.17, 15) is 27.9 Å². The first-order valence-electron chi connectivity index (χ1n) is 14.1. The van der Waals surface area contributed by atoms with Gasteiger partial charge in [0, 0.05) is 18.3 Å². The minimum atomic E-state index is -4.05. The van der Waals surface area contributed by atoms with Gasteiger partial charge in [0.1, 0.15) is 17.6 Å². The lowest BCUT2D eigenvalue weighted by atomic mass is 9.70. The maximum atomic E-state index is 13.1. The molecule has 0 aliphatic heterocycles. The maximum absolute atomic E-state index is 13.1. The van der Waals surface area contributed by atoms with E-state index in [1.165, 1.54) is 0 Å². The zero-order chi connectivity index (χ0) is 30.1. The van der Waals surface area contributed by atoms with Gasteiger partial charge >= 0.3 is 5.97 Å². The number of carbonyl (C=O) groups is 3. The number of aromatic amines is 1. The quantitative estimate of drug-likeness (QED) is 0.217. The smallest absolute Gasteiger partial charge is 0.322 e. The van der Waals surface area contributed by atoms with Crippen molar-refractivity contribution in [3.63, 3.8) is 0 Å². The number of hydrogen-bond donors (Lipinski definition) is 4. The fourth-order valence-electron chi connectivity index (χ4n) is 6.46. The molecule has 2 saturated carbocycles. The number of benzene rings is 2. The summed E-state index contributed by atoms with van der Waals surface area (Å²) < 4.78 is 34.3. The molecule has 1 unspecified atom stereocenters. The summed E-state index contributed by atoms with van der Waals surface area (Å²) in [7, 11) is -4.05. The summed E-state index contributed by atoms with van der Waals surface area (Å²) in [6.07, 6.45) is 2.34. The van der Waals surface area contributed by atoms with Crippen LogP contribution in [0.5, 0.6) is 5.75 Å². The summed E-state index contributed by atoms with van der Waals surface area (Å²) in [5.41, 5.74) is 0.801. The van der Waals surface area contributed by atoms with E-state index >= 15 is 0 Å². The summed E-state index contributed by atoms with van der Waals surface area (Å²) in [4.78, 5) is 44.4. The molecule has 0 radical (unpaired) electrons. The Morgan fingerprint density at radius 2 is 1.90 bits per heavy atom. The topological polar surface area (TPSA) is 168 Å². The lowest BCUT2D eigenvalue weighted by molar-refractivity contribution is -0.139. The molecule has 224 valence electrons. The molecular formula is C30H36N4O7S. The molecule has 1 amide bonds. The van der Waals surface area contributed by atoms with Gasteiger partial charge in [-0.05, 0) is 66.8 Å². The molecule has 42 heavy (non-hydrogen) atoms. The van der Waals surface area contributed by atoms with Crippen LogP contribution in [0.25, 0.3) is 11.0 Å². The molecule has 1 aromatic heterocycles. The van der Waals surface area contributed by atoms with Gasteiger partial charge in [0.15, 0.2) is 0 Å². The van der Waals surface area contributed by atoms with Gasteiger partial charge in [-0.2, -0.15) is 0 Å². The van der Waals surface area contributed by atoms with Crippen molar-refractivity contribution in [3.8, 4) is 5.75 Å². The third-order valence-corrected chi connectivity index (χ3v) is 10.5. The number of para-hydroxylation sites is 2. The lowest BCUT2D eigenvalue weighted by Gasteiger charge is -2.36. The van der Waals surface area contributed by atoms with Crippen molar-refractivity contribution < 1.29 is 32.6 Å². The molecule has 4 N–H and O–H groups in total. The number of imidazole rings is 1. The van der Waals surface area contributed by atoms with Crippen LogP contribution in [0.15, 0.2) is 48.5 Å². The molecule has 2 aliphatic carbocycles. The van der Waals surface area contributed by atoms with E-state index in [0.29, 0.717) is 43.1 Å².